The predicted octanol–water partition coefficient (Wildman–Crippen LogP) is 4.99. The summed E-state index contributed by atoms with van der Waals surface area (Å²) in [4.78, 5) is 17.1. The van der Waals surface area contributed by atoms with Gasteiger partial charge in [-0.1, -0.05) is 0 Å². The molecule has 0 radical (unpaired) electrons. The Balaban J connectivity index is 1.74. The number of nitrogens with zero attached hydrogens (tertiary/aromatic N) is 4. The minimum absolute atomic E-state index is 0.0791. The average Bonchev–Trinajstić information content (AvgIpc) is 2.68. The first kappa shape index (κ1) is 17.0. The van der Waals surface area contributed by atoms with Crippen molar-refractivity contribution < 1.29 is 13.5 Å². The summed E-state index contributed by atoms with van der Waals surface area (Å²) >= 11 is 0. The molecule has 134 valence electrons. The maximum Gasteiger partial charge on any atom is 0.270 e. The van der Waals surface area contributed by atoms with Crippen LogP contribution in [0.5, 0.6) is 11.6 Å². The summed E-state index contributed by atoms with van der Waals surface area (Å²) < 4.78 is 32.6. The minimum Gasteiger partial charge on any atom is -0.438 e. The van der Waals surface area contributed by atoms with Gasteiger partial charge in [-0.05, 0) is 36.4 Å². The third-order valence-corrected chi connectivity index (χ3v) is 4.02. The van der Waals surface area contributed by atoms with Gasteiger partial charge in [0.25, 0.3) is 5.92 Å². The highest BCUT2D eigenvalue weighted by Gasteiger charge is 2.24. The Morgan fingerprint density at radius 1 is 0.852 bits per heavy atom. The Bertz CT molecular complexity index is 1090. The number of alkyl halides is 2. The van der Waals surface area contributed by atoms with E-state index < -0.39 is 5.92 Å². The molecular weight excluding hydrogens is 350 g/mol. The van der Waals surface area contributed by atoms with Crippen molar-refractivity contribution in [2.45, 2.75) is 12.8 Å². The Kier molecular flexibility index (Phi) is 4.19. The minimum atomic E-state index is -2.90. The normalized spacial score (nSPS) is 11.5. The first-order valence-corrected chi connectivity index (χ1v) is 8.19. The highest BCUT2D eigenvalue weighted by atomic mass is 19.3. The van der Waals surface area contributed by atoms with Crippen LogP contribution in [0.25, 0.3) is 22.2 Å². The molecule has 0 aliphatic rings. The number of rotatable bonds is 4. The standard InChI is InChI=1S/C20H14F2N4O/c1-20(21,22)13-4-6-14(7-5-13)27-19-15(3-2-8-26-19)16-11-23-12-17-18(16)25-10-9-24-17/h2-12H,1H3. The molecule has 0 amide bonds. The van der Waals surface area contributed by atoms with Crippen molar-refractivity contribution in [1.29, 1.82) is 0 Å². The van der Waals surface area contributed by atoms with Gasteiger partial charge in [-0.3, -0.25) is 15.0 Å². The molecule has 0 aliphatic heterocycles. The fourth-order valence-electron chi connectivity index (χ4n) is 2.70. The lowest BCUT2D eigenvalue weighted by atomic mass is 10.1. The summed E-state index contributed by atoms with van der Waals surface area (Å²) in [7, 11) is 0. The van der Waals surface area contributed by atoms with Crippen molar-refractivity contribution in [2.75, 3.05) is 0 Å². The van der Waals surface area contributed by atoms with E-state index in [-0.39, 0.29) is 5.56 Å². The van der Waals surface area contributed by atoms with Gasteiger partial charge in [0.15, 0.2) is 0 Å². The molecule has 3 aromatic heterocycles. The smallest absolute Gasteiger partial charge is 0.270 e. The van der Waals surface area contributed by atoms with E-state index in [2.05, 4.69) is 19.9 Å². The number of hydrogen-bond donors (Lipinski definition) is 0. The van der Waals surface area contributed by atoms with Gasteiger partial charge in [-0.25, -0.2) is 13.8 Å². The zero-order valence-corrected chi connectivity index (χ0v) is 14.3. The monoisotopic (exact) mass is 364 g/mol. The molecule has 0 aliphatic carbocycles. The lowest BCUT2D eigenvalue weighted by Gasteiger charge is -2.13. The van der Waals surface area contributed by atoms with Crippen LogP contribution < -0.4 is 4.74 Å². The second kappa shape index (κ2) is 6.68. The van der Waals surface area contributed by atoms with Crippen LogP contribution in [0.2, 0.25) is 0 Å². The summed E-state index contributed by atoms with van der Waals surface area (Å²) in [6.45, 7) is 0.855. The van der Waals surface area contributed by atoms with E-state index in [0.717, 1.165) is 12.5 Å². The number of pyridine rings is 2. The topological polar surface area (TPSA) is 60.8 Å². The van der Waals surface area contributed by atoms with Crippen molar-refractivity contribution >= 4 is 11.0 Å². The SMILES string of the molecule is CC(F)(F)c1ccc(Oc2ncccc2-c2cncc3nccnc23)cc1. The summed E-state index contributed by atoms with van der Waals surface area (Å²) in [6.07, 6.45) is 8.09. The number of benzene rings is 1. The molecule has 5 nitrogen and oxygen atoms in total. The number of ether oxygens (including phenoxy) is 1. The van der Waals surface area contributed by atoms with E-state index in [1.807, 2.05) is 6.07 Å². The summed E-state index contributed by atoms with van der Waals surface area (Å²) in [6, 6.07) is 9.27. The van der Waals surface area contributed by atoms with E-state index in [9.17, 15) is 8.78 Å². The summed E-state index contributed by atoms with van der Waals surface area (Å²) in [5.41, 5.74) is 2.65. The molecular formula is C20H14F2N4O. The van der Waals surface area contributed by atoms with E-state index in [1.54, 1.807) is 37.1 Å². The number of halogens is 2. The third-order valence-electron chi connectivity index (χ3n) is 4.02. The van der Waals surface area contributed by atoms with Crippen molar-refractivity contribution in [3.8, 4) is 22.8 Å². The summed E-state index contributed by atoms with van der Waals surface area (Å²) in [5.74, 6) is -2.17. The fourth-order valence-corrected chi connectivity index (χ4v) is 2.70. The molecule has 0 unspecified atom stereocenters. The van der Waals surface area contributed by atoms with E-state index >= 15 is 0 Å². The van der Waals surface area contributed by atoms with Crippen molar-refractivity contribution in [1.82, 2.24) is 19.9 Å². The first-order valence-electron chi connectivity index (χ1n) is 8.19. The molecule has 0 spiro atoms. The molecule has 0 bridgehead atoms. The molecule has 0 saturated carbocycles. The van der Waals surface area contributed by atoms with Crippen LogP contribution >= 0.6 is 0 Å². The molecule has 0 fully saturated rings. The lowest BCUT2D eigenvalue weighted by Crippen LogP contribution is -2.06. The molecule has 27 heavy (non-hydrogen) atoms. The van der Waals surface area contributed by atoms with Gasteiger partial charge < -0.3 is 4.74 Å². The van der Waals surface area contributed by atoms with Gasteiger partial charge >= 0.3 is 0 Å². The molecule has 0 saturated heterocycles. The quantitative estimate of drug-likeness (QED) is 0.510. The molecule has 1 aromatic carbocycles. The second-order valence-corrected chi connectivity index (χ2v) is 5.98. The molecule has 0 N–H and O–H groups in total. The van der Waals surface area contributed by atoms with Gasteiger partial charge in [0.05, 0.1) is 11.7 Å². The number of aromatic nitrogens is 4. The second-order valence-electron chi connectivity index (χ2n) is 5.98. The Morgan fingerprint density at radius 2 is 1.63 bits per heavy atom. The Labute approximate surface area is 153 Å². The van der Waals surface area contributed by atoms with Crippen LogP contribution in [-0.4, -0.2) is 19.9 Å². The zero-order chi connectivity index (χ0) is 18.9. The van der Waals surface area contributed by atoms with E-state index in [1.165, 1.54) is 24.3 Å². The van der Waals surface area contributed by atoms with Crippen molar-refractivity contribution in [3.63, 3.8) is 0 Å². The molecule has 4 rings (SSSR count). The van der Waals surface area contributed by atoms with Gasteiger partial charge in [0.1, 0.15) is 11.3 Å². The molecule has 7 heteroatoms. The third kappa shape index (κ3) is 3.44. The van der Waals surface area contributed by atoms with Crippen LogP contribution in [-0.2, 0) is 5.92 Å². The maximum absolute atomic E-state index is 13.4. The lowest BCUT2D eigenvalue weighted by molar-refractivity contribution is 0.0174. The van der Waals surface area contributed by atoms with Crippen LogP contribution in [0.15, 0.2) is 67.4 Å². The van der Waals surface area contributed by atoms with Crippen molar-refractivity contribution in [3.05, 3.63) is 72.9 Å². The van der Waals surface area contributed by atoms with Crippen LogP contribution in [0.4, 0.5) is 8.78 Å². The maximum atomic E-state index is 13.4. The number of hydrogen-bond acceptors (Lipinski definition) is 5. The zero-order valence-electron chi connectivity index (χ0n) is 14.3. The van der Waals surface area contributed by atoms with Gasteiger partial charge in [0.2, 0.25) is 5.88 Å². The highest BCUT2D eigenvalue weighted by Crippen LogP contribution is 2.35. The highest BCUT2D eigenvalue weighted by molar-refractivity contribution is 5.91. The Hall–Kier alpha value is -3.48. The predicted molar refractivity (Wildman–Crippen MR) is 96.6 cm³/mol. The van der Waals surface area contributed by atoms with Crippen LogP contribution in [0.1, 0.15) is 12.5 Å². The fraction of sp³-hybridized carbons (Fsp3) is 0.100. The average molecular weight is 364 g/mol. The largest absolute Gasteiger partial charge is 0.438 e. The van der Waals surface area contributed by atoms with E-state index in [0.29, 0.717) is 28.2 Å². The van der Waals surface area contributed by atoms with Crippen molar-refractivity contribution in [2.24, 2.45) is 0 Å². The van der Waals surface area contributed by atoms with Crippen LogP contribution in [0, 0.1) is 0 Å². The number of fused-ring (bicyclic) bond motifs is 1. The Morgan fingerprint density at radius 3 is 2.41 bits per heavy atom. The van der Waals surface area contributed by atoms with Crippen LogP contribution in [0.3, 0.4) is 0 Å². The van der Waals surface area contributed by atoms with Gasteiger partial charge in [-0.2, -0.15) is 0 Å². The summed E-state index contributed by atoms with van der Waals surface area (Å²) in [5, 5.41) is 0. The van der Waals surface area contributed by atoms with Gasteiger partial charge in [0, 0.05) is 48.4 Å². The van der Waals surface area contributed by atoms with Gasteiger partial charge in [-0.15, -0.1) is 0 Å². The molecule has 4 aromatic rings. The molecule has 3 heterocycles. The first-order chi connectivity index (χ1) is 13.0. The van der Waals surface area contributed by atoms with E-state index in [4.69, 9.17) is 4.74 Å². The molecule has 0 atom stereocenters.